The average molecular weight is 306 g/mol. The largest absolute Gasteiger partial charge is 0.318 e. The number of hydrogen-bond acceptors (Lipinski definition) is 3. The third kappa shape index (κ3) is 2.88. The van der Waals surface area contributed by atoms with Crippen molar-refractivity contribution in [2.75, 3.05) is 0 Å². The van der Waals surface area contributed by atoms with Gasteiger partial charge in [0.15, 0.2) is 0 Å². The highest BCUT2D eigenvalue weighted by Crippen LogP contribution is 2.36. The molecular weight excluding hydrogens is 280 g/mol. The SMILES string of the molecule is CCC1NC(c2ccsc2)N(C2CCCCCC2C)C1=O. The van der Waals surface area contributed by atoms with Crippen LogP contribution in [0.25, 0.3) is 0 Å². The molecule has 0 bridgehead atoms. The maximum absolute atomic E-state index is 12.9. The topological polar surface area (TPSA) is 32.3 Å². The van der Waals surface area contributed by atoms with Crippen LogP contribution in [-0.4, -0.2) is 22.9 Å². The molecule has 1 N–H and O–H groups in total. The molecule has 0 aromatic carbocycles. The molecule has 4 unspecified atom stereocenters. The number of carbonyl (C=O) groups is 1. The van der Waals surface area contributed by atoms with Crippen molar-refractivity contribution in [2.45, 2.75) is 70.6 Å². The van der Waals surface area contributed by atoms with Gasteiger partial charge in [-0.1, -0.05) is 33.1 Å². The molecule has 3 rings (SSSR count). The summed E-state index contributed by atoms with van der Waals surface area (Å²) in [6, 6.07) is 2.54. The van der Waals surface area contributed by atoms with E-state index in [1.54, 1.807) is 11.3 Å². The molecule has 1 saturated heterocycles. The number of carbonyl (C=O) groups excluding carboxylic acids is 1. The first-order valence-corrected chi connectivity index (χ1v) is 9.27. The maximum atomic E-state index is 12.9. The summed E-state index contributed by atoms with van der Waals surface area (Å²) in [6.07, 6.45) is 7.25. The van der Waals surface area contributed by atoms with E-state index >= 15 is 0 Å². The second kappa shape index (κ2) is 6.49. The second-order valence-corrected chi connectivity index (χ2v) is 7.29. The number of nitrogens with zero attached hydrogens (tertiary/aromatic N) is 1. The van der Waals surface area contributed by atoms with Gasteiger partial charge in [-0.25, -0.2) is 0 Å². The van der Waals surface area contributed by atoms with Gasteiger partial charge in [0.05, 0.1) is 6.04 Å². The summed E-state index contributed by atoms with van der Waals surface area (Å²) in [5.74, 6) is 0.919. The zero-order valence-corrected chi connectivity index (χ0v) is 13.9. The first-order valence-electron chi connectivity index (χ1n) is 8.32. The predicted molar refractivity (Wildman–Crippen MR) is 87.2 cm³/mol. The van der Waals surface area contributed by atoms with Crippen LogP contribution in [0.15, 0.2) is 16.8 Å². The van der Waals surface area contributed by atoms with Crippen LogP contribution in [0.5, 0.6) is 0 Å². The lowest BCUT2D eigenvalue weighted by molar-refractivity contribution is -0.133. The van der Waals surface area contributed by atoms with E-state index in [0.29, 0.717) is 17.9 Å². The number of rotatable bonds is 3. The molecule has 2 aliphatic rings. The lowest BCUT2D eigenvalue weighted by Gasteiger charge is -2.35. The normalized spacial score (nSPS) is 34.2. The van der Waals surface area contributed by atoms with Crippen molar-refractivity contribution < 1.29 is 4.79 Å². The molecule has 1 saturated carbocycles. The third-order valence-corrected chi connectivity index (χ3v) is 5.83. The third-order valence-electron chi connectivity index (χ3n) is 5.13. The molecule has 2 heterocycles. The van der Waals surface area contributed by atoms with E-state index < -0.39 is 0 Å². The van der Waals surface area contributed by atoms with Crippen LogP contribution >= 0.6 is 11.3 Å². The molecule has 0 radical (unpaired) electrons. The fraction of sp³-hybridized carbons (Fsp3) is 0.706. The Hall–Kier alpha value is -0.870. The molecule has 3 nitrogen and oxygen atoms in total. The van der Waals surface area contributed by atoms with Gasteiger partial charge in [0.1, 0.15) is 6.17 Å². The molecule has 4 atom stereocenters. The molecule has 116 valence electrons. The van der Waals surface area contributed by atoms with Gasteiger partial charge < -0.3 is 4.90 Å². The van der Waals surface area contributed by atoms with Gasteiger partial charge in [-0.15, -0.1) is 0 Å². The Labute approximate surface area is 131 Å². The summed E-state index contributed by atoms with van der Waals surface area (Å²) in [5, 5.41) is 7.85. The van der Waals surface area contributed by atoms with Gasteiger partial charge in [-0.2, -0.15) is 11.3 Å². The van der Waals surface area contributed by atoms with Gasteiger partial charge in [0.25, 0.3) is 0 Å². The zero-order chi connectivity index (χ0) is 14.8. The molecule has 0 spiro atoms. The van der Waals surface area contributed by atoms with Gasteiger partial charge in [-0.05, 0) is 47.6 Å². The Balaban J connectivity index is 1.89. The smallest absolute Gasteiger partial charge is 0.241 e. The van der Waals surface area contributed by atoms with Crippen molar-refractivity contribution in [3.05, 3.63) is 22.4 Å². The minimum Gasteiger partial charge on any atom is -0.318 e. The highest BCUT2D eigenvalue weighted by atomic mass is 32.1. The summed E-state index contributed by atoms with van der Waals surface area (Å²) in [6.45, 7) is 4.42. The molecule has 1 aliphatic heterocycles. The summed E-state index contributed by atoms with van der Waals surface area (Å²) in [4.78, 5) is 15.1. The van der Waals surface area contributed by atoms with Gasteiger partial charge >= 0.3 is 0 Å². The van der Waals surface area contributed by atoms with E-state index in [-0.39, 0.29) is 12.2 Å². The molecule has 4 heteroatoms. The van der Waals surface area contributed by atoms with Crippen molar-refractivity contribution in [3.8, 4) is 0 Å². The van der Waals surface area contributed by atoms with Crippen LogP contribution in [0.2, 0.25) is 0 Å². The first kappa shape index (κ1) is 15.0. The molecule has 1 aromatic heterocycles. The van der Waals surface area contributed by atoms with E-state index in [1.165, 1.54) is 31.2 Å². The Kier molecular flexibility index (Phi) is 4.65. The first-order chi connectivity index (χ1) is 10.2. The lowest BCUT2D eigenvalue weighted by Crippen LogP contribution is -2.43. The number of thiophene rings is 1. The lowest BCUT2D eigenvalue weighted by atomic mass is 9.94. The molecule has 1 aliphatic carbocycles. The van der Waals surface area contributed by atoms with Crippen LogP contribution in [0, 0.1) is 5.92 Å². The summed E-state index contributed by atoms with van der Waals surface area (Å²) >= 11 is 1.71. The van der Waals surface area contributed by atoms with Crippen molar-refractivity contribution in [2.24, 2.45) is 5.92 Å². The standard InChI is InChI=1S/C17H26N2OS/c1-3-14-17(20)19(15-8-6-4-5-7-12(15)2)16(18-14)13-9-10-21-11-13/h9-12,14-16,18H,3-8H2,1-2H3. The van der Waals surface area contributed by atoms with Crippen molar-refractivity contribution in [1.82, 2.24) is 10.2 Å². The summed E-state index contributed by atoms with van der Waals surface area (Å²) < 4.78 is 0. The second-order valence-electron chi connectivity index (χ2n) is 6.51. The molecule has 1 aromatic rings. The van der Waals surface area contributed by atoms with E-state index in [0.717, 1.165) is 12.8 Å². The molecule has 21 heavy (non-hydrogen) atoms. The number of amides is 1. The van der Waals surface area contributed by atoms with E-state index in [9.17, 15) is 4.79 Å². The highest BCUT2D eigenvalue weighted by molar-refractivity contribution is 7.07. The predicted octanol–water partition coefficient (Wildman–Crippen LogP) is 3.93. The number of hydrogen-bond donors (Lipinski definition) is 1. The molecular formula is C17H26N2OS. The van der Waals surface area contributed by atoms with E-state index in [1.807, 2.05) is 0 Å². The Bertz CT molecular complexity index is 473. The summed E-state index contributed by atoms with van der Waals surface area (Å²) in [7, 11) is 0. The quantitative estimate of drug-likeness (QED) is 0.858. The Morgan fingerprint density at radius 2 is 2.14 bits per heavy atom. The maximum Gasteiger partial charge on any atom is 0.241 e. The van der Waals surface area contributed by atoms with Crippen LogP contribution in [0.3, 0.4) is 0 Å². The van der Waals surface area contributed by atoms with Crippen molar-refractivity contribution in [1.29, 1.82) is 0 Å². The Morgan fingerprint density at radius 1 is 1.33 bits per heavy atom. The summed E-state index contributed by atoms with van der Waals surface area (Å²) in [5.41, 5.74) is 1.25. The van der Waals surface area contributed by atoms with Crippen LogP contribution < -0.4 is 5.32 Å². The fourth-order valence-corrected chi connectivity index (χ4v) is 4.55. The zero-order valence-electron chi connectivity index (χ0n) is 13.0. The van der Waals surface area contributed by atoms with Crippen LogP contribution in [0.4, 0.5) is 0 Å². The van der Waals surface area contributed by atoms with Gasteiger partial charge in [-0.3, -0.25) is 10.1 Å². The van der Waals surface area contributed by atoms with Crippen molar-refractivity contribution in [3.63, 3.8) is 0 Å². The molecule has 2 fully saturated rings. The van der Waals surface area contributed by atoms with E-state index in [2.05, 4.69) is 40.9 Å². The highest BCUT2D eigenvalue weighted by Gasteiger charge is 2.43. The van der Waals surface area contributed by atoms with Crippen LogP contribution in [-0.2, 0) is 4.79 Å². The van der Waals surface area contributed by atoms with E-state index in [4.69, 9.17) is 0 Å². The van der Waals surface area contributed by atoms with Gasteiger partial charge in [0, 0.05) is 6.04 Å². The fourth-order valence-electron chi connectivity index (χ4n) is 3.87. The molecule has 1 amide bonds. The van der Waals surface area contributed by atoms with Crippen molar-refractivity contribution >= 4 is 17.2 Å². The van der Waals surface area contributed by atoms with Gasteiger partial charge in [0.2, 0.25) is 5.91 Å². The minimum atomic E-state index is -0.00893. The number of nitrogens with one attached hydrogen (secondary N) is 1. The monoisotopic (exact) mass is 306 g/mol. The Morgan fingerprint density at radius 3 is 2.86 bits per heavy atom. The van der Waals surface area contributed by atoms with Crippen LogP contribution in [0.1, 0.15) is 64.1 Å². The minimum absolute atomic E-state index is 0.00893. The average Bonchev–Trinajstić information content (AvgIpc) is 3.06.